The molecule has 0 aromatic heterocycles. The van der Waals surface area contributed by atoms with Crippen LogP contribution in [-0.4, -0.2) is 47.1 Å². The van der Waals surface area contributed by atoms with Crippen molar-refractivity contribution in [1.29, 1.82) is 0 Å². The number of benzene rings is 1. The lowest BCUT2D eigenvalue weighted by Crippen LogP contribution is -2.55. The van der Waals surface area contributed by atoms with Crippen LogP contribution in [0.5, 0.6) is 0 Å². The fourth-order valence-corrected chi connectivity index (χ4v) is 3.24. The number of hydrogen-bond acceptors (Lipinski definition) is 3. The Morgan fingerprint density at radius 1 is 1.33 bits per heavy atom. The van der Waals surface area contributed by atoms with E-state index in [-0.39, 0.29) is 24.2 Å². The van der Waals surface area contributed by atoms with Crippen molar-refractivity contribution in [2.24, 2.45) is 5.92 Å². The predicted molar refractivity (Wildman–Crippen MR) is 87.3 cm³/mol. The highest BCUT2D eigenvalue weighted by atomic mass is 19.1. The van der Waals surface area contributed by atoms with E-state index in [1.165, 1.54) is 18.9 Å². The van der Waals surface area contributed by atoms with E-state index >= 15 is 0 Å². The fourth-order valence-electron chi connectivity index (χ4n) is 3.24. The molecule has 0 bridgehead atoms. The molecular weight excluding hydrogens is 311 g/mol. The minimum atomic E-state index is -0.815. The zero-order valence-corrected chi connectivity index (χ0v) is 13.8. The normalized spacial score (nSPS) is 23.0. The van der Waals surface area contributed by atoms with E-state index in [1.54, 1.807) is 19.1 Å². The maximum absolute atomic E-state index is 14.0. The van der Waals surface area contributed by atoms with Crippen molar-refractivity contribution in [1.82, 2.24) is 10.2 Å². The van der Waals surface area contributed by atoms with Crippen molar-refractivity contribution in [3.63, 3.8) is 0 Å². The van der Waals surface area contributed by atoms with Gasteiger partial charge in [-0.05, 0) is 50.2 Å². The molecule has 0 radical (unpaired) electrons. The third-order valence-corrected chi connectivity index (χ3v) is 4.93. The lowest BCUT2D eigenvalue weighted by molar-refractivity contribution is -0.139. The van der Waals surface area contributed by atoms with E-state index in [9.17, 15) is 14.0 Å². The summed E-state index contributed by atoms with van der Waals surface area (Å²) in [4.78, 5) is 25.2. The van der Waals surface area contributed by atoms with Crippen LogP contribution in [0, 0.1) is 18.7 Å². The molecule has 0 atom stereocenters. The van der Waals surface area contributed by atoms with Crippen molar-refractivity contribution >= 4 is 11.9 Å². The third kappa shape index (κ3) is 3.93. The largest absolute Gasteiger partial charge is 0.480 e. The van der Waals surface area contributed by atoms with E-state index in [0.29, 0.717) is 11.5 Å². The molecular formula is C18H23FN2O3. The number of carboxylic acids is 1. The molecule has 130 valence electrons. The molecule has 0 unspecified atom stereocenters. The second-order valence-corrected chi connectivity index (χ2v) is 7.00. The number of amides is 1. The van der Waals surface area contributed by atoms with Crippen LogP contribution in [0.4, 0.5) is 4.39 Å². The first-order valence-electron chi connectivity index (χ1n) is 8.46. The van der Waals surface area contributed by atoms with Crippen LogP contribution in [-0.2, 0) is 4.79 Å². The molecule has 0 spiro atoms. The Hall–Kier alpha value is -1.95. The number of carboxylic acid groups (broad SMARTS) is 1. The summed E-state index contributed by atoms with van der Waals surface area (Å²) < 4.78 is 14.0. The molecule has 0 saturated heterocycles. The van der Waals surface area contributed by atoms with E-state index in [2.05, 4.69) is 5.32 Å². The van der Waals surface area contributed by atoms with Gasteiger partial charge in [0.05, 0.1) is 12.1 Å². The highest BCUT2D eigenvalue weighted by Crippen LogP contribution is 2.33. The van der Waals surface area contributed by atoms with Crippen LogP contribution < -0.4 is 5.32 Å². The molecule has 1 aromatic rings. The van der Waals surface area contributed by atoms with Gasteiger partial charge in [-0.1, -0.05) is 12.1 Å². The van der Waals surface area contributed by atoms with Gasteiger partial charge in [-0.3, -0.25) is 14.5 Å². The predicted octanol–water partition coefficient (Wildman–Crippen LogP) is 2.19. The molecule has 6 heteroatoms. The van der Waals surface area contributed by atoms with E-state index in [4.69, 9.17) is 5.11 Å². The van der Waals surface area contributed by atoms with Gasteiger partial charge in [0.1, 0.15) is 5.82 Å². The van der Waals surface area contributed by atoms with Gasteiger partial charge >= 0.3 is 5.97 Å². The van der Waals surface area contributed by atoms with Crippen LogP contribution in [0.25, 0.3) is 0 Å². The van der Waals surface area contributed by atoms with Gasteiger partial charge < -0.3 is 10.4 Å². The molecule has 0 aliphatic heterocycles. The average Bonchev–Trinajstić information content (AvgIpc) is 3.28. The fraction of sp³-hybridized carbons (Fsp3) is 0.556. The maximum Gasteiger partial charge on any atom is 0.317 e. The summed E-state index contributed by atoms with van der Waals surface area (Å²) in [6.07, 6.45) is 3.80. The molecule has 24 heavy (non-hydrogen) atoms. The second kappa shape index (κ2) is 6.89. The van der Waals surface area contributed by atoms with Crippen molar-refractivity contribution in [2.75, 3.05) is 13.1 Å². The van der Waals surface area contributed by atoms with Crippen LogP contribution >= 0.6 is 0 Å². The van der Waals surface area contributed by atoms with Gasteiger partial charge in [0.2, 0.25) is 0 Å². The summed E-state index contributed by atoms with van der Waals surface area (Å²) >= 11 is 0. The van der Waals surface area contributed by atoms with E-state index < -0.39 is 17.7 Å². The lowest BCUT2D eigenvalue weighted by Gasteiger charge is -2.42. The molecule has 2 aliphatic carbocycles. The summed E-state index contributed by atoms with van der Waals surface area (Å²) in [6.45, 7) is 2.51. The quantitative estimate of drug-likeness (QED) is 0.802. The third-order valence-electron chi connectivity index (χ3n) is 4.93. The van der Waals surface area contributed by atoms with Gasteiger partial charge in [-0.15, -0.1) is 0 Å². The summed E-state index contributed by atoms with van der Waals surface area (Å²) in [5.41, 5.74) is 0.519. The van der Waals surface area contributed by atoms with Crippen molar-refractivity contribution in [3.05, 3.63) is 35.1 Å². The molecule has 1 aromatic carbocycles. The highest BCUT2D eigenvalue weighted by molar-refractivity contribution is 5.94. The second-order valence-electron chi connectivity index (χ2n) is 7.00. The van der Waals surface area contributed by atoms with Gasteiger partial charge in [0.25, 0.3) is 5.91 Å². The summed E-state index contributed by atoms with van der Waals surface area (Å²) in [5, 5.41) is 11.9. The van der Waals surface area contributed by atoms with Crippen molar-refractivity contribution in [3.8, 4) is 0 Å². The lowest BCUT2D eigenvalue weighted by atomic mass is 9.85. The molecule has 3 rings (SSSR count). The Balaban J connectivity index is 1.52. The van der Waals surface area contributed by atoms with Gasteiger partial charge in [0, 0.05) is 18.6 Å². The molecule has 2 fully saturated rings. The summed E-state index contributed by atoms with van der Waals surface area (Å²) in [7, 11) is 0. The number of carbonyl (C=O) groups excluding carboxylic acids is 1. The molecule has 1 amide bonds. The number of aryl methyl sites for hydroxylation is 1. The van der Waals surface area contributed by atoms with Gasteiger partial charge in [-0.2, -0.15) is 0 Å². The van der Waals surface area contributed by atoms with Crippen LogP contribution in [0.2, 0.25) is 0 Å². The number of carbonyl (C=O) groups is 2. The van der Waals surface area contributed by atoms with Crippen molar-refractivity contribution < 1.29 is 19.1 Å². The standard InChI is InChI=1S/C18H23FN2O3/c1-11-3-2-4-15(17(11)19)18(24)20-13-7-14(8-13)21(10-16(22)23)9-12-5-6-12/h2-4,12-14H,5-10H2,1H3,(H,20,24)(H,22,23). The van der Waals surface area contributed by atoms with Crippen molar-refractivity contribution in [2.45, 2.75) is 44.7 Å². The number of nitrogens with zero attached hydrogens (tertiary/aromatic N) is 1. The Labute approximate surface area is 140 Å². The van der Waals surface area contributed by atoms with Crippen LogP contribution in [0.3, 0.4) is 0 Å². The summed E-state index contributed by atoms with van der Waals surface area (Å²) in [6, 6.07) is 4.96. The Bertz CT molecular complexity index is 639. The summed E-state index contributed by atoms with van der Waals surface area (Å²) in [5.74, 6) is -1.07. The Morgan fingerprint density at radius 2 is 2.04 bits per heavy atom. The number of halogens is 1. The first-order chi connectivity index (χ1) is 11.4. The number of aliphatic carboxylic acids is 1. The number of nitrogens with one attached hydrogen (secondary N) is 1. The average molecular weight is 334 g/mol. The smallest absolute Gasteiger partial charge is 0.317 e. The Morgan fingerprint density at radius 3 is 2.67 bits per heavy atom. The topological polar surface area (TPSA) is 69.6 Å². The molecule has 0 heterocycles. The Kier molecular flexibility index (Phi) is 4.85. The minimum Gasteiger partial charge on any atom is -0.480 e. The number of hydrogen-bond donors (Lipinski definition) is 2. The maximum atomic E-state index is 14.0. The first kappa shape index (κ1) is 16.9. The minimum absolute atomic E-state index is 0.0158. The number of rotatable bonds is 7. The van der Waals surface area contributed by atoms with Crippen LogP contribution in [0.1, 0.15) is 41.6 Å². The molecule has 2 saturated carbocycles. The highest BCUT2D eigenvalue weighted by Gasteiger charge is 2.38. The SMILES string of the molecule is Cc1cccc(C(=O)NC2CC(N(CC(=O)O)CC3CC3)C2)c1F. The molecule has 5 nitrogen and oxygen atoms in total. The zero-order valence-electron chi connectivity index (χ0n) is 13.8. The van der Waals surface area contributed by atoms with E-state index in [0.717, 1.165) is 19.4 Å². The van der Waals surface area contributed by atoms with Crippen LogP contribution in [0.15, 0.2) is 18.2 Å². The van der Waals surface area contributed by atoms with Gasteiger partial charge in [-0.25, -0.2) is 4.39 Å². The van der Waals surface area contributed by atoms with Gasteiger partial charge in [0.15, 0.2) is 0 Å². The molecule has 2 N–H and O–H groups in total. The molecule has 2 aliphatic rings. The zero-order chi connectivity index (χ0) is 17.3. The monoisotopic (exact) mass is 334 g/mol. The first-order valence-corrected chi connectivity index (χ1v) is 8.46. The van der Waals surface area contributed by atoms with E-state index in [1.807, 2.05) is 4.90 Å².